The van der Waals surface area contributed by atoms with Gasteiger partial charge in [-0.1, -0.05) is 0 Å². The molecule has 7 heteroatoms. The molecule has 0 unspecified atom stereocenters. The van der Waals surface area contributed by atoms with Gasteiger partial charge in [-0.05, 0) is 56.5 Å². The molecular weight excluding hydrogens is 342 g/mol. The first-order chi connectivity index (χ1) is 13.1. The van der Waals surface area contributed by atoms with E-state index in [0.29, 0.717) is 17.9 Å². The second-order valence-electron chi connectivity index (χ2n) is 7.07. The van der Waals surface area contributed by atoms with Crippen molar-refractivity contribution in [2.45, 2.75) is 32.6 Å². The monoisotopic (exact) mass is 365 g/mol. The van der Waals surface area contributed by atoms with Crippen molar-refractivity contribution in [2.75, 3.05) is 20.2 Å². The first kappa shape index (κ1) is 17.5. The van der Waals surface area contributed by atoms with E-state index < -0.39 is 0 Å². The third-order valence-electron chi connectivity index (χ3n) is 5.18. The zero-order valence-corrected chi connectivity index (χ0v) is 15.8. The lowest BCUT2D eigenvalue weighted by Crippen LogP contribution is -2.39. The number of carbonyl (C=O) groups excluding carboxylic acids is 1. The van der Waals surface area contributed by atoms with Crippen LogP contribution in [0.2, 0.25) is 0 Å². The van der Waals surface area contributed by atoms with Crippen LogP contribution in [-0.4, -0.2) is 50.6 Å². The van der Waals surface area contributed by atoms with Gasteiger partial charge in [-0.2, -0.15) is 10.1 Å². The number of benzene rings is 1. The fourth-order valence-electron chi connectivity index (χ4n) is 3.85. The van der Waals surface area contributed by atoms with Crippen molar-refractivity contribution in [3.8, 4) is 5.75 Å². The first-order valence-corrected chi connectivity index (χ1v) is 9.18. The van der Waals surface area contributed by atoms with Crippen molar-refractivity contribution < 1.29 is 9.53 Å². The van der Waals surface area contributed by atoms with Crippen molar-refractivity contribution in [1.29, 1.82) is 0 Å². The highest BCUT2D eigenvalue weighted by Crippen LogP contribution is 2.29. The van der Waals surface area contributed by atoms with Gasteiger partial charge in [0.05, 0.1) is 12.8 Å². The highest BCUT2D eigenvalue weighted by Gasteiger charge is 2.28. The maximum absolute atomic E-state index is 13.0. The molecule has 0 bridgehead atoms. The van der Waals surface area contributed by atoms with Crippen molar-refractivity contribution in [3.05, 3.63) is 53.1 Å². The number of aromatic nitrogens is 4. The minimum atomic E-state index is 0.0612. The predicted molar refractivity (Wildman–Crippen MR) is 101 cm³/mol. The fraction of sp³-hybridized carbons (Fsp3) is 0.400. The van der Waals surface area contributed by atoms with Gasteiger partial charge >= 0.3 is 0 Å². The minimum Gasteiger partial charge on any atom is -0.496 e. The molecule has 1 saturated heterocycles. The van der Waals surface area contributed by atoms with Gasteiger partial charge in [-0.15, -0.1) is 0 Å². The molecule has 1 fully saturated rings. The van der Waals surface area contributed by atoms with Crippen LogP contribution in [0, 0.1) is 13.8 Å². The van der Waals surface area contributed by atoms with Crippen LogP contribution < -0.4 is 4.74 Å². The molecule has 140 valence electrons. The van der Waals surface area contributed by atoms with Crippen LogP contribution in [0.3, 0.4) is 0 Å². The number of methoxy groups -OCH3 is 1. The summed E-state index contributed by atoms with van der Waals surface area (Å²) in [4.78, 5) is 23.6. The van der Waals surface area contributed by atoms with E-state index in [9.17, 15) is 4.79 Å². The van der Waals surface area contributed by atoms with E-state index in [4.69, 9.17) is 4.74 Å². The summed E-state index contributed by atoms with van der Waals surface area (Å²) in [6.45, 7) is 5.35. The Morgan fingerprint density at radius 3 is 2.89 bits per heavy atom. The van der Waals surface area contributed by atoms with Crippen molar-refractivity contribution in [2.24, 2.45) is 0 Å². The van der Waals surface area contributed by atoms with E-state index in [0.717, 1.165) is 42.1 Å². The summed E-state index contributed by atoms with van der Waals surface area (Å²) in [6, 6.07) is 7.65. The Morgan fingerprint density at radius 2 is 2.11 bits per heavy atom. The Hall–Kier alpha value is -2.96. The number of hydrogen-bond acceptors (Lipinski definition) is 5. The molecule has 0 N–H and O–H groups in total. The molecule has 0 saturated carbocycles. The lowest BCUT2D eigenvalue weighted by atomic mass is 9.93. The number of nitrogens with zero attached hydrogens (tertiary/aromatic N) is 5. The van der Waals surface area contributed by atoms with Crippen LogP contribution in [0.4, 0.5) is 0 Å². The lowest BCUT2D eigenvalue weighted by molar-refractivity contribution is 0.0705. The molecular formula is C20H23N5O2. The molecule has 0 aliphatic carbocycles. The predicted octanol–water partition coefficient (Wildman–Crippen LogP) is 2.77. The number of hydrogen-bond donors (Lipinski definition) is 0. The van der Waals surface area contributed by atoms with Crippen LogP contribution in [0.1, 0.15) is 46.1 Å². The summed E-state index contributed by atoms with van der Waals surface area (Å²) >= 11 is 0. The van der Waals surface area contributed by atoms with E-state index in [2.05, 4.69) is 21.1 Å². The van der Waals surface area contributed by atoms with Gasteiger partial charge in [0.15, 0.2) is 0 Å². The maximum Gasteiger partial charge on any atom is 0.253 e. The number of carbonyl (C=O) groups is 1. The van der Waals surface area contributed by atoms with E-state index >= 15 is 0 Å². The molecule has 7 nitrogen and oxygen atoms in total. The topological polar surface area (TPSA) is 72.6 Å². The summed E-state index contributed by atoms with van der Waals surface area (Å²) in [5.74, 6) is 1.68. The van der Waals surface area contributed by atoms with Gasteiger partial charge < -0.3 is 9.64 Å². The number of fused-ring (bicyclic) bond motifs is 1. The Balaban J connectivity index is 1.60. The molecule has 1 amide bonds. The first-order valence-electron chi connectivity index (χ1n) is 9.18. The van der Waals surface area contributed by atoms with Gasteiger partial charge in [0.2, 0.25) is 0 Å². The summed E-state index contributed by atoms with van der Waals surface area (Å²) < 4.78 is 7.09. The number of likely N-dealkylation sites (tertiary alicyclic amines) is 1. The Morgan fingerprint density at radius 1 is 1.26 bits per heavy atom. The van der Waals surface area contributed by atoms with Gasteiger partial charge in [-0.25, -0.2) is 9.50 Å². The largest absolute Gasteiger partial charge is 0.496 e. The van der Waals surface area contributed by atoms with E-state index in [1.807, 2.05) is 36.9 Å². The molecule has 3 aromatic rings. The number of aryl methyl sites for hydroxylation is 2. The molecule has 4 rings (SSSR count). The third kappa shape index (κ3) is 3.25. The van der Waals surface area contributed by atoms with Crippen LogP contribution in [0.15, 0.2) is 30.6 Å². The van der Waals surface area contributed by atoms with Crippen molar-refractivity contribution in [3.63, 3.8) is 0 Å². The standard InChI is InChI=1S/C20H23N5O2/c1-13-9-15(6-7-18(13)27-3)19(26)24-8-4-5-16(11-24)17-10-14(2)23-20-21-12-22-25(17)20/h6-7,9-10,12,16H,4-5,8,11H2,1-3H3/t16-/m0/s1. The van der Waals surface area contributed by atoms with E-state index in [1.165, 1.54) is 6.33 Å². The van der Waals surface area contributed by atoms with Gasteiger partial charge in [-0.3, -0.25) is 4.79 Å². The molecule has 1 atom stereocenters. The average molecular weight is 365 g/mol. The van der Waals surface area contributed by atoms with Gasteiger partial charge in [0.1, 0.15) is 12.1 Å². The van der Waals surface area contributed by atoms with Crippen molar-refractivity contribution >= 4 is 11.7 Å². The summed E-state index contributed by atoms with van der Waals surface area (Å²) in [7, 11) is 1.64. The molecule has 1 aliphatic heterocycles. The number of amides is 1. The summed E-state index contributed by atoms with van der Waals surface area (Å²) in [5, 5.41) is 4.32. The smallest absolute Gasteiger partial charge is 0.253 e. The summed E-state index contributed by atoms with van der Waals surface area (Å²) in [6.07, 6.45) is 3.50. The summed E-state index contributed by atoms with van der Waals surface area (Å²) in [5.41, 5.74) is 3.65. The van der Waals surface area contributed by atoms with Gasteiger partial charge in [0, 0.05) is 30.3 Å². The van der Waals surface area contributed by atoms with Crippen LogP contribution >= 0.6 is 0 Å². The quantitative estimate of drug-likeness (QED) is 0.714. The number of rotatable bonds is 3. The van der Waals surface area contributed by atoms with E-state index in [1.54, 1.807) is 11.6 Å². The highest BCUT2D eigenvalue weighted by molar-refractivity contribution is 5.94. The molecule has 0 radical (unpaired) electrons. The number of piperidine rings is 1. The van der Waals surface area contributed by atoms with Crippen LogP contribution in [0.25, 0.3) is 5.78 Å². The molecule has 27 heavy (non-hydrogen) atoms. The second kappa shape index (κ2) is 6.98. The minimum absolute atomic E-state index is 0.0612. The van der Waals surface area contributed by atoms with Crippen molar-refractivity contribution in [1.82, 2.24) is 24.5 Å². The van der Waals surface area contributed by atoms with Gasteiger partial charge in [0.25, 0.3) is 11.7 Å². The highest BCUT2D eigenvalue weighted by atomic mass is 16.5. The number of ether oxygens (including phenoxy) is 1. The lowest BCUT2D eigenvalue weighted by Gasteiger charge is -2.33. The molecule has 1 aromatic carbocycles. The fourth-order valence-corrected chi connectivity index (χ4v) is 3.85. The normalized spacial score (nSPS) is 17.3. The second-order valence-corrected chi connectivity index (χ2v) is 7.07. The average Bonchev–Trinajstić information content (AvgIpc) is 3.15. The molecule has 3 heterocycles. The van der Waals surface area contributed by atoms with Crippen LogP contribution in [-0.2, 0) is 0 Å². The Labute approximate surface area is 158 Å². The molecule has 0 spiro atoms. The zero-order valence-electron chi connectivity index (χ0n) is 15.8. The Bertz CT molecular complexity index is 997. The molecule has 2 aromatic heterocycles. The SMILES string of the molecule is COc1ccc(C(=O)N2CCC[C@H](c3cc(C)nc4ncnn34)C2)cc1C. The zero-order chi connectivity index (χ0) is 19.0. The Kier molecular flexibility index (Phi) is 4.51. The molecule has 1 aliphatic rings. The van der Waals surface area contributed by atoms with E-state index in [-0.39, 0.29) is 11.8 Å². The maximum atomic E-state index is 13.0. The van der Waals surface area contributed by atoms with Crippen LogP contribution in [0.5, 0.6) is 5.75 Å². The third-order valence-corrected chi connectivity index (χ3v) is 5.18.